The molecular weight excluding hydrogens is 344 g/mol. The first-order chi connectivity index (χ1) is 9.49. The molecule has 108 valence electrons. The van der Waals surface area contributed by atoms with E-state index in [4.69, 9.17) is 17.3 Å². The van der Waals surface area contributed by atoms with Gasteiger partial charge in [-0.15, -0.1) is 11.6 Å². The number of aromatic nitrogens is 3. The third kappa shape index (κ3) is 3.49. The van der Waals surface area contributed by atoms with Gasteiger partial charge < -0.3 is 10.3 Å². The maximum absolute atomic E-state index is 10.8. The molecule has 2 aromatic rings. The van der Waals surface area contributed by atoms with E-state index >= 15 is 0 Å². The van der Waals surface area contributed by atoms with Gasteiger partial charge in [0.2, 0.25) is 5.91 Å². The number of nitrogens with zero attached hydrogens (tertiary/aromatic N) is 3. The predicted molar refractivity (Wildman–Crippen MR) is 82.5 cm³/mol. The Kier molecular flexibility index (Phi) is 4.99. The van der Waals surface area contributed by atoms with Crippen LogP contribution in [0, 0.1) is 0 Å². The van der Waals surface area contributed by atoms with Crippen LogP contribution in [0.25, 0.3) is 11.2 Å². The van der Waals surface area contributed by atoms with E-state index in [1.807, 2.05) is 17.6 Å². The van der Waals surface area contributed by atoms with Crippen molar-refractivity contribution in [2.75, 3.05) is 0 Å². The molecule has 0 aliphatic rings. The third-order valence-electron chi connectivity index (χ3n) is 2.99. The largest absolute Gasteiger partial charge is 0.370 e. The highest BCUT2D eigenvalue weighted by molar-refractivity contribution is 9.10. The Morgan fingerprint density at radius 2 is 2.30 bits per heavy atom. The van der Waals surface area contributed by atoms with Gasteiger partial charge in [-0.2, -0.15) is 0 Å². The number of carbonyl (C=O) groups excluding carboxylic acids is 1. The molecule has 0 saturated carbocycles. The van der Waals surface area contributed by atoms with Crippen LogP contribution in [0.5, 0.6) is 0 Å². The zero-order valence-electron chi connectivity index (χ0n) is 11.1. The van der Waals surface area contributed by atoms with E-state index in [9.17, 15) is 4.79 Å². The molecule has 5 nitrogen and oxygen atoms in total. The lowest BCUT2D eigenvalue weighted by Crippen LogP contribution is -2.11. The topological polar surface area (TPSA) is 73.8 Å². The highest BCUT2D eigenvalue weighted by Crippen LogP contribution is 2.25. The summed E-state index contributed by atoms with van der Waals surface area (Å²) in [6, 6.07) is 1.92. The van der Waals surface area contributed by atoms with Crippen molar-refractivity contribution in [1.82, 2.24) is 14.5 Å². The van der Waals surface area contributed by atoms with Crippen molar-refractivity contribution in [3.05, 3.63) is 22.6 Å². The Hall–Kier alpha value is -1.14. The second-order valence-corrected chi connectivity index (χ2v) is 6.23. The first-order valence-electron chi connectivity index (χ1n) is 6.43. The monoisotopic (exact) mass is 358 g/mol. The molecule has 0 aliphatic carbocycles. The number of fused-ring (bicyclic) bond motifs is 1. The number of rotatable bonds is 6. The summed E-state index contributed by atoms with van der Waals surface area (Å²) in [5, 5.41) is -0.195. The van der Waals surface area contributed by atoms with E-state index in [1.165, 1.54) is 0 Å². The van der Waals surface area contributed by atoms with Crippen LogP contribution < -0.4 is 5.73 Å². The molecule has 0 aromatic carbocycles. The average molecular weight is 360 g/mol. The second-order valence-electron chi connectivity index (χ2n) is 4.66. The van der Waals surface area contributed by atoms with Crippen LogP contribution in [0.15, 0.2) is 16.7 Å². The maximum Gasteiger partial charge on any atom is 0.217 e. The molecule has 0 saturated heterocycles. The molecule has 0 spiro atoms. The van der Waals surface area contributed by atoms with Crippen molar-refractivity contribution in [3.63, 3.8) is 0 Å². The van der Waals surface area contributed by atoms with Gasteiger partial charge in [-0.25, -0.2) is 9.97 Å². The van der Waals surface area contributed by atoms with Gasteiger partial charge >= 0.3 is 0 Å². The van der Waals surface area contributed by atoms with E-state index in [-0.39, 0.29) is 11.3 Å². The molecule has 2 aromatic heterocycles. The first kappa shape index (κ1) is 15.3. The average Bonchev–Trinajstić information content (AvgIpc) is 2.72. The van der Waals surface area contributed by atoms with E-state index in [2.05, 4.69) is 25.9 Å². The summed E-state index contributed by atoms with van der Waals surface area (Å²) in [6.07, 6.45) is 3.73. The molecule has 0 bridgehead atoms. The van der Waals surface area contributed by atoms with Crippen LogP contribution >= 0.6 is 27.5 Å². The number of amides is 1. The number of alkyl halides is 1. The maximum atomic E-state index is 10.8. The van der Waals surface area contributed by atoms with Crippen LogP contribution in [0.3, 0.4) is 0 Å². The lowest BCUT2D eigenvalue weighted by atomic mass is 10.2. The Morgan fingerprint density at radius 3 is 2.95 bits per heavy atom. The summed E-state index contributed by atoms with van der Waals surface area (Å²) >= 11 is 9.57. The molecule has 2 heterocycles. The van der Waals surface area contributed by atoms with E-state index in [0.717, 1.165) is 40.8 Å². The molecule has 0 aliphatic heterocycles. The second kappa shape index (κ2) is 6.54. The van der Waals surface area contributed by atoms with E-state index in [1.54, 1.807) is 6.20 Å². The van der Waals surface area contributed by atoms with Crippen molar-refractivity contribution in [2.24, 2.45) is 5.73 Å². The quantitative estimate of drug-likeness (QED) is 0.636. The molecule has 0 radical (unpaired) electrons. The molecule has 7 heteroatoms. The first-order valence-corrected chi connectivity index (χ1v) is 7.66. The zero-order chi connectivity index (χ0) is 14.7. The number of hydrogen-bond acceptors (Lipinski definition) is 3. The number of unbranched alkanes of at least 4 members (excludes halogenated alkanes) is 1. The van der Waals surface area contributed by atoms with Gasteiger partial charge in [0.05, 0.1) is 5.38 Å². The zero-order valence-corrected chi connectivity index (χ0v) is 13.5. The van der Waals surface area contributed by atoms with Gasteiger partial charge in [0.15, 0.2) is 5.65 Å². The van der Waals surface area contributed by atoms with Crippen LogP contribution in [-0.2, 0) is 11.3 Å². The molecule has 2 N–H and O–H groups in total. The number of aryl methyl sites for hydroxylation is 1. The molecule has 2 rings (SSSR count). The predicted octanol–water partition coefficient (Wildman–Crippen LogP) is 3.15. The third-order valence-corrected chi connectivity index (χ3v) is 3.62. The number of primary amides is 1. The van der Waals surface area contributed by atoms with E-state index in [0.29, 0.717) is 6.42 Å². The summed E-state index contributed by atoms with van der Waals surface area (Å²) in [7, 11) is 0. The molecular formula is C13H16BrClN4O. The van der Waals surface area contributed by atoms with Gasteiger partial charge in [-0.05, 0) is 41.8 Å². The minimum absolute atomic E-state index is 0.195. The lowest BCUT2D eigenvalue weighted by molar-refractivity contribution is -0.118. The molecule has 20 heavy (non-hydrogen) atoms. The van der Waals surface area contributed by atoms with Crippen molar-refractivity contribution >= 4 is 44.6 Å². The Morgan fingerprint density at radius 1 is 1.55 bits per heavy atom. The highest BCUT2D eigenvalue weighted by atomic mass is 79.9. The van der Waals surface area contributed by atoms with Gasteiger partial charge in [0, 0.05) is 23.6 Å². The van der Waals surface area contributed by atoms with Crippen molar-refractivity contribution in [3.8, 4) is 0 Å². The van der Waals surface area contributed by atoms with Gasteiger partial charge in [-0.3, -0.25) is 4.79 Å². The van der Waals surface area contributed by atoms with Gasteiger partial charge in [-0.1, -0.05) is 0 Å². The smallest absolute Gasteiger partial charge is 0.217 e. The number of pyridine rings is 1. The fourth-order valence-electron chi connectivity index (χ4n) is 2.10. The van der Waals surface area contributed by atoms with Crippen molar-refractivity contribution in [1.29, 1.82) is 0 Å². The summed E-state index contributed by atoms with van der Waals surface area (Å²) in [4.78, 5) is 19.7. The number of carbonyl (C=O) groups is 1. The standard InChI is InChI=1S/C13H16BrClN4O/c1-8(15)12-18-10-6-9(14)7-17-13(10)19(12)5-3-2-4-11(16)20/h6-8H,2-5H2,1H3,(H2,16,20). The molecule has 1 amide bonds. The van der Waals surface area contributed by atoms with Crippen LogP contribution in [0.1, 0.15) is 37.4 Å². The van der Waals surface area contributed by atoms with Crippen LogP contribution in [0.4, 0.5) is 0 Å². The normalized spacial score (nSPS) is 12.8. The van der Waals surface area contributed by atoms with Gasteiger partial charge in [0.1, 0.15) is 11.3 Å². The molecule has 0 fully saturated rings. The fourth-order valence-corrected chi connectivity index (χ4v) is 2.58. The van der Waals surface area contributed by atoms with Crippen LogP contribution in [-0.4, -0.2) is 20.4 Å². The summed E-state index contributed by atoms with van der Waals surface area (Å²) in [5.74, 6) is 0.528. The number of nitrogens with two attached hydrogens (primary N) is 1. The highest BCUT2D eigenvalue weighted by Gasteiger charge is 2.15. The number of halogens is 2. The Bertz CT molecular complexity index is 626. The Balaban J connectivity index is 2.24. The number of hydrogen-bond donors (Lipinski definition) is 1. The number of imidazole rings is 1. The SMILES string of the molecule is CC(Cl)c1nc2cc(Br)cnc2n1CCCCC(N)=O. The molecule has 1 atom stereocenters. The minimum atomic E-state index is -0.270. The van der Waals surface area contributed by atoms with Crippen molar-refractivity contribution < 1.29 is 4.79 Å². The molecule has 1 unspecified atom stereocenters. The van der Waals surface area contributed by atoms with E-state index < -0.39 is 0 Å². The minimum Gasteiger partial charge on any atom is -0.370 e. The summed E-state index contributed by atoms with van der Waals surface area (Å²) in [6.45, 7) is 2.61. The van der Waals surface area contributed by atoms with Crippen LogP contribution in [0.2, 0.25) is 0 Å². The Labute approximate surface area is 130 Å². The fraction of sp³-hybridized carbons (Fsp3) is 0.462. The summed E-state index contributed by atoms with van der Waals surface area (Å²) < 4.78 is 2.90. The summed E-state index contributed by atoms with van der Waals surface area (Å²) in [5.41, 5.74) is 6.77. The lowest BCUT2D eigenvalue weighted by Gasteiger charge is -2.09. The van der Waals surface area contributed by atoms with Crippen molar-refractivity contribution in [2.45, 2.75) is 38.1 Å². The van der Waals surface area contributed by atoms with Gasteiger partial charge in [0.25, 0.3) is 0 Å².